The van der Waals surface area contributed by atoms with Crippen LogP contribution in [0.15, 0.2) is 211 Å². The van der Waals surface area contributed by atoms with Gasteiger partial charge in [0.1, 0.15) is 16.9 Å². The zero-order valence-electron chi connectivity index (χ0n) is 30.4. The fourth-order valence-electron chi connectivity index (χ4n) is 9.04. The Morgan fingerprint density at radius 2 is 1.00 bits per heavy atom. The number of para-hydroxylation sites is 3. The van der Waals surface area contributed by atoms with Gasteiger partial charge in [-0.15, -0.1) is 0 Å². The Morgan fingerprint density at radius 1 is 0.482 bits per heavy atom. The van der Waals surface area contributed by atoms with Crippen LogP contribution in [0.3, 0.4) is 0 Å². The molecular weight excluding hydrogens is 699 g/mol. The second-order valence-corrected chi connectivity index (χ2v) is 18.1. The minimum Gasteiger partial charge on any atom is -0.455 e. The third kappa shape index (κ3) is 4.81. The van der Waals surface area contributed by atoms with Crippen molar-refractivity contribution in [3.63, 3.8) is 0 Å². The SMILES string of the molecule is c1ccc(-c2n[nH]c(-c3ccccc3)c2-c2cc(N3c4ccccc4[Si](c4ccccc4)(c4ccccc4)c4ccccc43)cc3c2oc2ccccc23)cc1. The topological polar surface area (TPSA) is 45.1 Å². The average Bonchev–Trinajstić information content (AvgIpc) is 3.89. The van der Waals surface area contributed by atoms with Gasteiger partial charge in [-0.25, -0.2) is 0 Å². The van der Waals surface area contributed by atoms with Crippen LogP contribution in [0, 0.1) is 0 Å². The molecule has 2 aromatic heterocycles. The lowest BCUT2D eigenvalue weighted by Crippen LogP contribution is -2.77. The van der Waals surface area contributed by atoms with Crippen LogP contribution in [-0.2, 0) is 0 Å². The first-order chi connectivity index (χ1) is 27.8. The summed E-state index contributed by atoms with van der Waals surface area (Å²) in [4.78, 5) is 2.48. The number of hydrogen-bond donors (Lipinski definition) is 1. The standard InChI is InChI=1S/C51H35N3OSi/c1-5-19-35(20-6-1)49-48(50(53-52-49)36-21-7-2-8-22-36)42-34-37(33-41-40-27-13-16-30-45(40)55-51(41)42)54-43-28-14-17-31-46(43)56(38-23-9-3-10-24-38,39-25-11-4-12-26-39)47-32-18-15-29-44(47)54/h1-34H,(H,52,53). The lowest BCUT2D eigenvalue weighted by Gasteiger charge is -2.45. The molecule has 3 heterocycles. The zero-order chi connectivity index (χ0) is 37.1. The van der Waals surface area contributed by atoms with Crippen molar-refractivity contribution < 1.29 is 4.42 Å². The first-order valence-corrected chi connectivity index (χ1v) is 21.1. The molecule has 0 bridgehead atoms. The first-order valence-electron chi connectivity index (χ1n) is 19.1. The molecule has 4 nitrogen and oxygen atoms in total. The maximum atomic E-state index is 6.87. The smallest absolute Gasteiger partial charge is 0.184 e. The van der Waals surface area contributed by atoms with Crippen molar-refractivity contribution in [2.75, 3.05) is 4.90 Å². The van der Waals surface area contributed by atoms with Crippen LogP contribution in [-0.4, -0.2) is 18.3 Å². The Kier molecular flexibility index (Phi) is 7.47. The number of anilines is 3. The van der Waals surface area contributed by atoms with Crippen molar-refractivity contribution in [2.24, 2.45) is 0 Å². The highest BCUT2D eigenvalue weighted by molar-refractivity contribution is 7.21. The van der Waals surface area contributed by atoms with E-state index in [2.05, 4.69) is 204 Å². The van der Waals surface area contributed by atoms with Crippen LogP contribution in [0.1, 0.15) is 0 Å². The van der Waals surface area contributed by atoms with Crippen LogP contribution in [0.2, 0.25) is 0 Å². The Hall–Kier alpha value is -7.21. The van der Waals surface area contributed by atoms with Crippen molar-refractivity contribution in [3.05, 3.63) is 206 Å². The molecule has 56 heavy (non-hydrogen) atoms. The second kappa shape index (κ2) is 13.0. The van der Waals surface area contributed by atoms with Crippen molar-refractivity contribution >= 4 is 67.8 Å². The van der Waals surface area contributed by atoms with Crippen LogP contribution in [0.5, 0.6) is 0 Å². The molecule has 5 heteroatoms. The van der Waals surface area contributed by atoms with E-state index < -0.39 is 8.07 Å². The number of benzene rings is 8. The maximum Gasteiger partial charge on any atom is 0.184 e. The number of nitrogens with one attached hydrogen (secondary N) is 1. The number of aromatic nitrogens is 2. The number of H-pyrrole nitrogens is 1. The van der Waals surface area contributed by atoms with Gasteiger partial charge in [-0.2, -0.15) is 5.10 Å². The molecule has 11 rings (SSSR count). The summed E-state index contributed by atoms with van der Waals surface area (Å²) in [6.07, 6.45) is 0. The Labute approximate surface area is 326 Å². The molecule has 0 spiro atoms. The normalized spacial score (nSPS) is 13.1. The van der Waals surface area contributed by atoms with Crippen molar-refractivity contribution in [2.45, 2.75) is 0 Å². The van der Waals surface area contributed by atoms with Gasteiger partial charge < -0.3 is 9.32 Å². The molecule has 1 aliphatic rings. The van der Waals surface area contributed by atoms with Gasteiger partial charge in [0.25, 0.3) is 0 Å². The molecule has 1 N–H and O–H groups in total. The number of furan rings is 1. The van der Waals surface area contributed by atoms with E-state index in [0.29, 0.717) is 0 Å². The van der Waals surface area contributed by atoms with Gasteiger partial charge in [0.2, 0.25) is 0 Å². The van der Waals surface area contributed by atoms with Crippen molar-refractivity contribution in [3.8, 4) is 33.6 Å². The molecular formula is C51H35N3OSi. The maximum absolute atomic E-state index is 6.87. The van der Waals surface area contributed by atoms with E-state index >= 15 is 0 Å². The van der Waals surface area contributed by atoms with Gasteiger partial charge in [0.15, 0.2) is 8.07 Å². The molecule has 0 unspecified atom stereocenters. The molecule has 0 amide bonds. The fourth-order valence-corrected chi connectivity index (χ4v) is 14.1. The third-order valence-electron chi connectivity index (χ3n) is 11.4. The van der Waals surface area contributed by atoms with Crippen LogP contribution < -0.4 is 25.6 Å². The van der Waals surface area contributed by atoms with E-state index in [0.717, 1.165) is 61.3 Å². The second-order valence-electron chi connectivity index (χ2n) is 14.4. The molecule has 0 radical (unpaired) electrons. The minimum absolute atomic E-state index is 0.835. The van der Waals surface area contributed by atoms with Crippen LogP contribution in [0.4, 0.5) is 17.1 Å². The highest BCUT2D eigenvalue weighted by atomic mass is 28.3. The number of aromatic amines is 1. The van der Waals surface area contributed by atoms with E-state index in [1.807, 2.05) is 12.1 Å². The largest absolute Gasteiger partial charge is 0.455 e. The number of rotatable bonds is 6. The fraction of sp³-hybridized carbons (Fsp3) is 0. The van der Waals surface area contributed by atoms with E-state index in [9.17, 15) is 0 Å². The molecule has 8 aromatic carbocycles. The predicted molar refractivity (Wildman–Crippen MR) is 234 cm³/mol. The summed E-state index contributed by atoms with van der Waals surface area (Å²) in [7, 11) is -2.78. The number of hydrogen-bond acceptors (Lipinski definition) is 3. The summed E-state index contributed by atoms with van der Waals surface area (Å²) in [5.41, 5.74) is 11.0. The Bertz CT molecular complexity index is 2880. The predicted octanol–water partition coefficient (Wildman–Crippen LogP) is 10.5. The van der Waals surface area contributed by atoms with Gasteiger partial charge in [-0.1, -0.05) is 176 Å². The van der Waals surface area contributed by atoms with Crippen molar-refractivity contribution in [1.29, 1.82) is 0 Å². The number of nitrogens with zero attached hydrogens (tertiary/aromatic N) is 2. The lowest BCUT2D eigenvalue weighted by atomic mass is 9.93. The summed E-state index contributed by atoms with van der Waals surface area (Å²) in [5.74, 6) is 0. The summed E-state index contributed by atoms with van der Waals surface area (Å²) in [6, 6.07) is 74.4. The summed E-state index contributed by atoms with van der Waals surface area (Å²) in [6.45, 7) is 0. The third-order valence-corrected chi connectivity index (χ3v) is 16.2. The van der Waals surface area contributed by atoms with Gasteiger partial charge >= 0.3 is 0 Å². The lowest BCUT2D eigenvalue weighted by molar-refractivity contribution is 0.670. The molecule has 0 fully saturated rings. The van der Waals surface area contributed by atoms with E-state index in [-0.39, 0.29) is 0 Å². The zero-order valence-corrected chi connectivity index (χ0v) is 31.4. The van der Waals surface area contributed by atoms with Gasteiger partial charge in [0.05, 0.1) is 5.69 Å². The van der Waals surface area contributed by atoms with Gasteiger partial charge in [-0.3, -0.25) is 5.10 Å². The molecule has 0 atom stereocenters. The average molecular weight is 734 g/mol. The van der Waals surface area contributed by atoms with Crippen LogP contribution >= 0.6 is 0 Å². The molecule has 10 aromatic rings. The van der Waals surface area contributed by atoms with Crippen LogP contribution in [0.25, 0.3) is 55.6 Å². The number of fused-ring (bicyclic) bond motifs is 5. The highest BCUT2D eigenvalue weighted by Gasteiger charge is 2.48. The quantitative estimate of drug-likeness (QED) is 0.173. The Morgan fingerprint density at radius 3 is 1.62 bits per heavy atom. The summed E-state index contributed by atoms with van der Waals surface area (Å²) >= 11 is 0. The molecule has 0 saturated carbocycles. The summed E-state index contributed by atoms with van der Waals surface area (Å²) < 4.78 is 6.87. The van der Waals surface area contributed by atoms with Crippen molar-refractivity contribution in [1.82, 2.24) is 10.2 Å². The molecule has 0 saturated heterocycles. The minimum atomic E-state index is -2.78. The highest BCUT2D eigenvalue weighted by Crippen LogP contribution is 2.48. The van der Waals surface area contributed by atoms with E-state index in [1.54, 1.807) is 0 Å². The molecule has 0 aliphatic carbocycles. The van der Waals surface area contributed by atoms with Gasteiger partial charge in [0, 0.05) is 50.1 Å². The monoisotopic (exact) mass is 733 g/mol. The van der Waals surface area contributed by atoms with Gasteiger partial charge in [-0.05, 0) is 51.1 Å². The van der Waals surface area contributed by atoms with E-state index in [4.69, 9.17) is 9.52 Å². The summed E-state index contributed by atoms with van der Waals surface area (Å²) in [5, 5.41) is 16.1. The first kappa shape index (κ1) is 32.2. The molecule has 1 aliphatic heterocycles. The van der Waals surface area contributed by atoms with E-state index in [1.165, 1.54) is 32.1 Å². The molecule has 264 valence electrons. The Balaban J connectivity index is 1.25.